The fourth-order valence-electron chi connectivity index (χ4n) is 0.0727. The SMILES string of the molecule is [CH2]OC(F)C(F)F. The number of halogens is 3. The van der Waals surface area contributed by atoms with Gasteiger partial charge >= 0.3 is 0 Å². The maximum absolute atomic E-state index is 11.2. The predicted molar refractivity (Wildman–Crippen MR) is 17.3 cm³/mol. The van der Waals surface area contributed by atoms with Crippen LogP contribution < -0.4 is 0 Å². The van der Waals surface area contributed by atoms with Crippen LogP contribution in [0.5, 0.6) is 0 Å². The molecular formula is C3H4F3O. The molecule has 1 atom stereocenters. The molecule has 0 aliphatic rings. The van der Waals surface area contributed by atoms with Crippen LogP contribution in [0.2, 0.25) is 0 Å². The third-order valence-corrected chi connectivity index (χ3v) is 0.357. The first kappa shape index (κ1) is 6.75. The largest absolute Gasteiger partial charge is 0.341 e. The highest BCUT2D eigenvalue weighted by atomic mass is 19.3. The zero-order valence-corrected chi connectivity index (χ0v) is 3.40. The number of alkyl halides is 3. The molecule has 0 aliphatic carbocycles. The average molecular weight is 113 g/mol. The first-order valence-electron chi connectivity index (χ1n) is 1.51. The second-order valence-corrected chi connectivity index (χ2v) is 0.852. The van der Waals surface area contributed by atoms with Crippen LogP contribution in [0.4, 0.5) is 13.2 Å². The molecule has 0 N–H and O–H groups in total. The topological polar surface area (TPSA) is 9.23 Å². The summed E-state index contributed by atoms with van der Waals surface area (Å²) in [5.74, 6) is 0. The summed E-state index contributed by atoms with van der Waals surface area (Å²) in [7, 11) is 2.45. The Hall–Kier alpha value is -0.250. The molecule has 4 heteroatoms. The molecule has 1 radical (unpaired) electrons. The lowest BCUT2D eigenvalue weighted by molar-refractivity contribution is -0.0943. The molecule has 0 spiro atoms. The predicted octanol–water partition coefficient (Wildman–Crippen LogP) is 1.36. The lowest BCUT2D eigenvalue weighted by Gasteiger charge is -2.00. The molecule has 0 amide bonds. The van der Waals surface area contributed by atoms with Crippen LogP contribution >= 0.6 is 0 Å². The van der Waals surface area contributed by atoms with E-state index < -0.39 is 12.8 Å². The normalized spacial score (nSPS) is 15.0. The minimum atomic E-state index is -3.09. The molecule has 0 aromatic heterocycles. The number of hydrogen-bond donors (Lipinski definition) is 0. The Morgan fingerprint density at radius 3 is 1.71 bits per heavy atom. The highest BCUT2D eigenvalue weighted by Crippen LogP contribution is 2.04. The second-order valence-electron chi connectivity index (χ2n) is 0.852. The van der Waals surface area contributed by atoms with Crippen molar-refractivity contribution in [3.8, 4) is 0 Å². The monoisotopic (exact) mass is 113 g/mol. The number of hydrogen-bond acceptors (Lipinski definition) is 1. The van der Waals surface area contributed by atoms with E-state index in [0.717, 1.165) is 0 Å². The molecule has 0 aliphatic heterocycles. The lowest BCUT2D eigenvalue weighted by Crippen LogP contribution is -2.12. The van der Waals surface area contributed by atoms with Gasteiger partial charge in [0.25, 0.3) is 12.8 Å². The number of ether oxygens (including phenoxy) is 1. The van der Waals surface area contributed by atoms with Crippen LogP contribution in [-0.4, -0.2) is 12.8 Å². The third kappa shape index (κ3) is 2.45. The van der Waals surface area contributed by atoms with Gasteiger partial charge in [0.1, 0.15) is 0 Å². The van der Waals surface area contributed by atoms with Crippen molar-refractivity contribution >= 4 is 0 Å². The van der Waals surface area contributed by atoms with E-state index in [9.17, 15) is 13.2 Å². The zero-order valence-electron chi connectivity index (χ0n) is 3.40. The van der Waals surface area contributed by atoms with E-state index in [0.29, 0.717) is 0 Å². The highest BCUT2D eigenvalue weighted by Gasteiger charge is 2.16. The van der Waals surface area contributed by atoms with E-state index in [1.165, 1.54) is 0 Å². The first-order chi connectivity index (χ1) is 3.18. The minimum absolute atomic E-state index is 2.45. The second kappa shape index (κ2) is 2.85. The summed E-state index contributed by atoms with van der Waals surface area (Å²) in [5.41, 5.74) is 0. The molecule has 0 aromatic rings. The average Bonchev–Trinajstić information content (AvgIpc) is 1.65. The van der Waals surface area contributed by atoms with Gasteiger partial charge in [-0.05, 0) is 0 Å². The van der Waals surface area contributed by atoms with Crippen molar-refractivity contribution in [3.63, 3.8) is 0 Å². The standard InChI is InChI=1S/C3H4F3O/c1-7-3(6)2(4)5/h2-3H,1H2. The van der Waals surface area contributed by atoms with E-state index >= 15 is 0 Å². The van der Waals surface area contributed by atoms with E-state index in [2.05, 4.69) is 11.8 Å². The van der Waals surface area contributed by atoms with Crippen molar-refractivity contribution in [2.45, 2.75) is 12.8 Å². The van der Waals surface area contributed by atoms with Crippen molar-refractivity contribution in [1.29, 1.82) is 0 Å². The molecule has 0 aromatic carbocycles. The Kier molecular flexibility index (Phi) is 2.75. The molecule has 0 bridgehead atoms. The molecule has 7 heavy (non-hydrogen) atoms. The van der Waals surface area contributed by atoms with Gasteiger partial charge in [-0.2, -0.15) is 0 Å². The van der Waals surface area contributed by atoms with Crippen LogP contribution in [0.25, 0.3) is 0 Å². The lowest BCUT2D eigenvalue weighted by atomic mass is 10.7. The summed E-state index contributed by atoms with van der Waals surface area (Å²) >= 11 is 0. The van der Waals surface area contributed by atoms with Gasteiger partial charge in [0.2, 0.25) is 0 Å². The van der Waals surface area contributed by atoms with Crippen molar-refractivity contribution in [2.24, 2.45) is 0 Å². The molecule has 0 saturated carbocycles. The molecule has 0 saturated heterocycles. The Labute approximate surface area is 39.1 Å². The zero-order chi connectivity index (χ0) is 5.86. The van der Waals surface area contributed by atoms with E-state index in [4.69, 9.17) is 0 Å². The summed E-state index contributed by atoms with van der Waals surface area (Å²) in [6.07, 6.45) is -5.63. The van der Waals surface area contributed by atoms with Crippen molar-refractivity contribution in [2.75, 3.05) is 0 Å². The van der Waals surface area contributed by atoms with Gasteiger partial charge in [-0.15, -0.1) is 0 Å². The van der Waals surface area contributed by atoms with Gasteiger partial charge in [-0.3, -0.25) is 0 Å². The molecule has 0 heterocycles. The summed E-state index contributed by atoms with van der Waals surface area (Å²) in [5, 5.41) is 0. The van der Waals surface area contributed by atoms with Crippen molar-refractivity contribution in [3.05, 3.63) is 7.11 Å². The van der Waals surface area contributed by atoms with Gasteiger partial charge < -0.3 is 4.74 Å². The summed E-state index contributed by atoms with van der Waals surface area (Å²) in [6.45, 7) is 0. The van der Waals surface area contributed by atoms with E-state index in [1.54, 1.807) is 0 Å². The highest BCUT2D eigenvalue weighted by molar-refractivity contribution is 4.40. The van der Waals surface area contributed by atoms with E-state index in [1.807, 2.05) is 0 Å². The molecule has 0 fully saturated rings. The van der Waals surface area contributed by atoms with Gasteiger partial charge in [0.05, 0.1) is 7.11 Å². The van der Waals surface area contributed by atoms with E-state index in [-0.39, 0.29) is 0 Å². The molecule has 1 unspecified atom stereocenters. The Bertz CT molecular complexity index is 47.4. The first-order valence-corrected chi connectivity index (χ1v) is 1.51. The number of rotatable bonds is 2. The van der Waals surface area contributed by atoms with Crippen LogP contribution in [-0.2, 0) is 4.74 Å². The van der Waals surface area contributed by atoms with Crippen LogP contribution in [0.3, 0.4) is 0 Å². The maximum Gasteiger partial charge on any atom is 0.293 e. The van der Waals surface area contributed by atoms with Crippen LogP contribution in [0.1, 0.15) is 0 Å². The fourth-order valence-corrected chi connectivity index (χ4v) is 0.0727. The van der Waals surface area contributed by atoms with Gasteiger partial charge in [-0.25, -0.2) is 13.2 Å². The van der Waals surface area contributed by atoms with Crippen molar-refractivity contribution in [1.82, 2.24) is 0 Å². The third-order valence-electron chi connectivity index (χ3n) is 0.357. The summed E-state index contributed by atoms with van der Waals surface area (Å²) in [6, 6.07) is 0. The Morgan fingerprint density at radius 1 is 1.29 bits per heavy atom. The quantitative estimate of drug-likeness (QED) is 0.525. The van der Waals surface area contributed by atoms with Gasteiger partial charge in [0, 0.05) is 0 Å². The Balaban J connectivity index is 3.14. The van der Waals surface area contributed by atoms with Crippen molar-refractivity contribution < 1.29 is 17.9 Å². The van der Waals surface area contributed by atoms with Gasteiger partial charge in [-0.1, -0.05) is 0 Å². The maximum atomic E-state index is 11.2. The molecule has 0 rings (SSSR count). The van der Waals surface area contributed by atoms with Crippen LogP contribution in [0.15, 0.2) is 0 Å². The summed E-state index contributed by atoms with van der Waals surface area (Å²) < 4.78 is 36.3. The smallest absolute Gasteiger partial charge is 0.293 e. The minimum Gasteiger partial charge on any atom is -0.341 e. The van der Waals surface area contributed by atoms with Gasteiger partial charge in [0.15, 0.2) is 0 Å². The molecular weight excluding hydrogens is 109 g/mol. The van der Waals surface area contributed by atoms with Crippen LogP contribution in [0, 0.1) is 7.11 Å². The Morgan fingerprint density at radius 2 is 1.71 bits per heavy atom. The summed E-state index contributed by atoms with van der Waals surface area (Å²) in [4.78, 5) is 0. The molecule has 43 valence electrons. The fraction of sp³-hybridized carbons (Fsp3) is 0.667. The molecule has 1 nitrogen and oxygen atoms in total.